The van der Waals surface area contributed by atoms with Gasteiger partial charge in [0, 0.05) is 6.04 Å². The maximum atomic E-state index is 2.35. The first kappa shape index (κ1) is 12.7. The van der Waals surface area contributed by atoms with Crippen LogP contribution in [-0.4, -0.2) is 25.0 Å². The van der Waals surface area contributed by atoms with Crippen molar-refractivity contribution in [1.82, 2.24) is 4.90 Å². The standard InChI is InChI=1S/C12H25N/c1-7-10(3)9-12(13(5)6)11(4)8-2/h7,11-12H,8-9H2,1-6H3. The minimum atomic E-state index is 0.696. The van der Waals surface area contributed by atoms with Gasteiger partial charge in [-0.3, -0.25) is 0 Å². The van der Waals surface area contributed by atoms with Crippen LogP contribution in [0.1, 0.15) is 40.5 Å². The highest BCUT2D eigenvalue weighted by Crippen LogP contribution is 2.19. The monoisotopic (exact) mass is 183 g/mol. The van der Waals surface area contributed by atoms with Crippen LogP contribution >= 0.6 is 0 Å². The summed E-state index contributed by atoms with van der Waals surface area (Å²) in [7, 11) is 4.36. The summed E-state index contributed by atoms with van der Waals surface area (Å²) >= 11 is 0. The molecule has 0 amide bonds. The van der Waals surface area contributed by atoms with E-state index in [1.54, 1.807) is 0 Å². The lowest BCUT2D eigenvalue weighted by Gasteiger charge is -2.29. The molecule has 13 heavy (non-hydrogen) atoms. The molecule has 0 N–H and O–H groups in total. The van der Waals surface area contributed by atoms with Crippen LogP contribution in [0, 0.1) is 5.92 Å². The molecule has 0 heterocycles. The maximum absolute atomic E-state index is 2.35. The van der Waals surface area contributed by atoms with Crippen molar-refractivity contribution in [3.63, 3.8) is 0 Å². The van der Waals surface area contributed by atoms with Gasteiger partial charge < -0.3 is 4.90 Å². The Bertz CT molecular complexity index is 159. The van der Waals surface area contributed by atoms with E-state index in [0.29, 0.717) is 6.04 Å². The second kappa shape index (κ2) is 6.20. The van der Waals surface area contributed by atoms with Crippen LogP contribution in [0.15, 0.2) is 11.6 Å². The molecule has 0 spiro atoms. The van der Waals surface area contributed by atoms with E-state index in [1.165, 1.54) is 18.4 Å². The van der Waals surface area contributed by atoms with Gasteiger partial charge in [-0.25, -0.2) is 0 Å². The Morgan fingerprint density at radius 3 is 2.23 bits per heavy atom. The largest absolute Gasteiger partial charge is 0.306 e. The van der Waals surface area contributed by atoms with E-state index in [-0.39, 0.29) is 0 Å². The van der Waals surface area contributed by atoms with Crippen molar-refractivity contribution in [3.8, 4) is 0 Å². The average molecular weight is 183 g/mol. The van der Waals surface area contributed by atoms with Gasteiger partial charge >= 0.3 is 0 Å². The van der Waals surface area contributed by atoms with Gasteiger partial charge in [-0.1, -0.05) is 31.9 Å². The molecule has 0 aliphatic carbocycles. The van der Waals surface area contributed by atoms with Gasteiger partial charge in [0.05, 0.1) is 0 Å². The molecule has 0 aromatic rings. The molecule has 2 unspecified atom stereocenters. The maximum Gasteiger partial charge on any atom is 0.0152 e. The number of hydrogen-bond acceptors (Lipinski definition) is 1. The average Bonchev–Trinajstić information content (AvgIpc) is 2.11. The summed E-state index contributed by atoms with van der Waals surface area (Å²) in [5.41, 5.74) is 1.50. The summed E-state index contributed by atoms with van der Waals surface area (Å²) in [4.78, 5) is 2.35. The summed E-state index contributed by atoms with van der Waals surface area (Å²) < 4.78 is 0. The Kier molecular flexibility index (Phi) is 6.06. The van der Waals surface area contributed by atoms with Crippen LogP contribution < -0.4 is 0 Å². The first-order chi connectivity index (χ1) is 6.02. The molecule has 0 saturated heterocycles. The summed E-state index contributed by atoms with van der Waals surface area (Å²) in [5.74, 6) is 0.782. The molecule has 0 saturated carbocycles. The van der Waals surface area contributed by atoms with Gasteiger partial charge in [0.1, 0.15) is 0 Å². The van der Waals surface area contributed by atoms with E-state index >= 15 is 0 Å². The topological polar surface area (TPSA) is 3.24 Å². The lowest BCUT2D eigenvalue weighted by atomic mass is 9.92. The second-order valence-corrected chi connectivity index (χ2v) is 4.26. The fourth-order valence-corrected chi connectivity index (χ4v) is 1.61. The highest BCUT2D eigenvalue weighted by atomic mass is 15.1. The van der Waals surface area contributed by atoms with Gasteiger partial charge in [0.25, 0.3) is 0 Å². The lowest BCUT2D eigenvalue weighted by molar-refractivity contribution is 0.214. The number of hydrogen-bond donors (Lipinski definition) is 0. The van der Waals surface area contributed by atoms with E-state index in [4.69, 9.17) is 0 Å². The van der Waals surface area contributed by atoms with Crippen LogP contribution in [-0.2, 0) is 0 Å². The second-order valence-electron chi connectivity index (χ2n) is 4.26. The predicted octanol–water partition coefficient (Wildman–Crippen LogP) is 3.32. The smallest absolute Gasteiger partial charge is 0.0152 e. The van der Waals surface area contributed by atoms with Crippen LogP contribution in [0.25, 0.3) is 0 Å². The molecule has 0 aliphatic rings. The first-order valence-electron chi connectivity index (χ1n) is 5.31. The Balaban J connectivity index is 4.26. The van der Waals surface area contributed by atoms with E-state index < -0.39 is 0 Å². The molecular weight excluding hydrogens is 158 g/mol. The number of allylic oxidation sites excluding steroid dienone is 1. The van der Waals surface area contributed by atoms with Gasteiger partial charge in [0.15, 0.2) is 0 Å². The Morgan fingerprint density at radius 1 is 1.38 bits per heavy atom. The Labute approximate surface area is 83.8 Å². The fourth-order valence-electron chi connectivity index (χ4n) is 1.61. The third kappa shape index (κ3) is 4.47. The molecule has 0 aromatic carbocycles. The van der Waals surface area contributed by atoms with Gasteiger partial charge in [-0.05, 0) is 40.3 Å². The normalized spacial score (nSPS) is 17.6. The SMILES string of the molecule is CC=C(C)CC(C(C)CC)N(C)C. The van der Waals surface area contributed by atoms with Crippen molar-refractivity contribution in [2.75, 3.05) is 14.1 Å². The van der Waals surface area contributed by atoms with Crippen molar-refractivity contribution in [3.05, 3.63) is 11.6 Å². The van der Waals surface area contributed by atoms with Crippen molar-refractivity contribution < 1.29 is 0 Å². The summed E-state index contributed by atoms with van der Waals surface area (Å²) in [5, 5.41) is 0. The molecule has 0 rings (SSSR count). The molecule has 0 fully saturated rings. The molecule has 0 bridgehead atoms. The third-order valence-electron chi connectivity index (χ3n) is 2.99. The van der Waals surface area contributed by atoms with Crippen LogP contribution in [0.3, 0.4) is 0 Å². The van der Waals surface area contributed by atoms with Crippen molar-refractivity contribution >= 4 is 0 Å². The summed E-state index contributed by atoms with van der Waals surface area (Å²) in [6.07, 6.45) is 4.69. The van der Waals surface area contributed by atoms with Crippen molar-refractivity contribution in [2.45, 2.75) is 46.6 Å². The zero-order valence-corrected chi connectivity index (χ0v) is 10.1. The van der Waals surface area contributed by atoms with Crippen LogP contribution in [0.2, 0.25) is 0 Å². The number of nitrogens with zero attached hydrogens (tertiary/aromatic N) is 1. The van der Waals surface area contributed by atoms with Gasteiger partial charge in [0.2, 0.25) is 0 Å². The third-order valence-corrected chi connectivity index (χ3v) is 2.99. The molecule has 0 aromatic heterocycles. The Hall–Kier alpha value is -0.300. The molecule has 1 nitrogen and oxygen atoms in total. The van der Waals surface area contributed by atoms with Crippen LogP contribution in [0.4, 0.5) is 0 Å². The lowest BCUT2D eigenvalue weighted by Crippen LogP contribution is -2.33. The van der Waals surface area contributed by atoms with E-state index in [2.05, 4.69) is 52.8 Å². The van der Waals surface area contributed by atoms with Crippen molar-refractivity contribution in [1.29, 1.82) is 0 Å². The molecular formula is C12H25N. The number of rotatable bonds is 5. The quantitative estimate of drug-likeness (QED) is 0.591. The van der Waals surface area contributed by atoms with E-state index in [0.717, 1.165) is 5.92 Å². The molecule has 78 valence electrons. The van der Waals surface area contributed by atoms with E-state index in [9.17, 15) is 0 Å². The van der Waals surface area contributed by atoms with Crippen molar-refractivity contribution in [2.24, 2.45) is 5.92 Å². The van der Waals surface area contributed by atoms with E-state index in [1.807, 2.05) is 0 Å². The summed E-state index contributed by atoms with van der Waals surface area (Å²) in [6, 6.07) is 0.696. The van der Waals surface area contributed by atoms with Crippen LogP contribution in [0.5, 0.6) is 0 Å². The van der Waals surface area contributed by atoms with Gasteiger partial charge in [-0.15, -0.1) is 0 Å². The molecule has 0 radical (unpaired) electrons. The minimum Gasteiger partial charge on any atom is -0.306 e. The molecule has 2 atom stereocenters. The zero-order chi connectivity index (χ0) is 10.4. The summed E-state index contributed by atoms with van der Waals surface area (Å²) in [6.45, 7) is 8.96. The zero-order valence-electron chi connectivity index (χ0n) is 10.1. The highest BCUT2D eigenvalue weighted by Gasteiger charge is 2.17. The molecule has 1 heteroatoms. The predicted molar refractivity (Wildman–Crippen MR) is 61.0 cm³/mol. The van der Waals surface area contributed by atoms with Gasteiger partial charge in [-0.2, -0.15) is 0 Å². The Morgan fingerprint density at radius 2 is 1.92 bits per heavy atom. The molecule has 0 aliphatic heterocycles. The minimum absolute atomic E-state index is 0.696. The first-order valence-corrected chi connectivity index (χ1v) is 5.31. The fraction of sp³-hybridized carbons (Fsp3) is 0.833. The highest BCUT2D eigenvalue weighted by molar-refractivity contribution is 4.99.